The Morgan fingerprint density at radius 2 is 1.79 bits per heavy atom. The molecule has 0 atom stereocenters. The summed E-state index contributed by atoms with van der Waals surface area (Å²) in [6, 6.07) is 16.5. The minimum Gasteiger partial charge on any atom is -0.371 e. The topological polar surface area (TPSA) is 78.5 Å². The number of H-pyrrole nitrogens is 1. The highest BCUT2D eigenvalue weighted by Gasteiger charge is 2.20. The number of nitrogens with zero attached hydrogens (tertiary/aromatic N) is 3. The van der Waals surface area contributed by atoms with Gasteiger partial charge >= 0.3 is 0 Å². The number of hydrogen-bond donors (Lipinski definition) is 3. The highest BCUT2D eigenvalue weighted by molar-refractivity contribution is 5.92. The lowest BCUT2D eigenvalue weighted by atomic mass is 9.84. The predicted molar refractivity (Wildman–Crippen MR) is 115 cm³/mol. The van der Waals surface area contributed by atoms with Crippen molar-refractivity contribution in [2.45, 2.75) is 19.3 Å². The fourth-order valence-corrected chi connectivity index (χ4v) is 3.26. The molecular formula is C22H23FN6. The van der Waals surface area contributed by atoms with Gasteiger partial charge in [-0.1, -0.05) is 32.0 Å². The van der Waals surface area contributed by atoms with Gasteiger partial charge in [0.2, 0.25) is 0 Å². The first-order chi connectivity index (χ1) is 14.0. The molecule has 0 bridgehead atoms. The van der Waals surface area contributed by atoms with Crippen LogP contribution in [0.3, 0.4) is 0 Å². The molecule has 0 aliphatic rings. The molecule has 3 N–H and O–H groups in total. The molecule has 29 heavy (non-hydrogen) atoms. The summed E-state index contributed by atoms with van der Waals surface area (Å²) in [5.74, 6) is 1.27. The van der Waals surface area contributed by atoms with E-state index in [9.17, 15) is 4.39 Å². The number of nitrogens with one attached hydrogen (secondary N) is 3. The Bertz CT molecular complexity index is 1120. The van der Waals surface area contributed by atoms with E-state index in [0.717, 1.165) is 33.5 Å². The van der Waals surface area contributed by atoms with E-state index >= 15 is 0 Å². The van der Waals surface area contributed by atoms with Crippen LogP contribution in [0.5, 0.6) is 0 Å². The van der Waals surface area contributed by atoms with Crippen LogP contribution in [0.1, 0.15) is 19.4 Å². The molecule has 7 heteroatoms. The quantitative estimate of drug-likeness (QED) is 0.449. The van der Waals surface area contributed by atoms with Gasteiger partial charge in [0.05, 0.1) is 11.2 Å². The third-order valence-electron chi connectivity index (χ3n) is 5.10. The molecule has 0 fully saturated rings. The van der Waals surface area contributed by atoms with Crippen molar-refractivity contribution in [2.24, 2.45) is 0 Å². The van der Waals surface area contributed by atoms with E-state index in [-0.39, 0.29) is 11.2 Å². The first-order valence-corrected chi connectivity index (χ1v) is 9.46. The first-order valence-electron chi connectivity index (χ1n) is 9.46. The van der Waals surface area contributed by atoms with Crippen LogP contribution < -0.4 is 10.6 Å². The van der Waals surface area contributed by atoms with Gasteiger partial charge in [0.1, 0.15) is 11.6 Å². The largest absolute Gasteiger partial charge is 0.371 e. The zero-order valence-corrected chi connectivity index (χ0v) is 16.6. The van der Waals surface area contributed by atoms with Gasteiger partial charge in [-0.2, -0.15) is 5.10 Å². The van der Waals surface area contributed by atoms with Gasteiger partial charge in [-0.05, 0) is 42.0 Å². The molecule has 0 spiro atoms. The van der Waals surface area contributed by atoms with E-state index in [4.69, 9.17) is 0 Å². The maximum Gasteiger partial charge on any atom is 0.155 e. The Kier molecular flexibility index (Phi) is 4.88. The summed E-state index contributed by atoms with van der Waals surface area (Å²) in [5, 5.41) is 23.3. The summed E-state index contributed by atoms with van der Waals surface area (Å²) in [6.07, 6.45) is 0. The SMILES string of the molecule is CNc1n[nH]c2ccc(-c3ccc(NCC(C)(C)c4ccc(F)cc4)nn3)cc12. The Morgan fingerprint density at radius 1 is 1.00 bits per heavy atom. The van der Waals surface area contributed by atoms with Crippen LogP contribution in [-0.2, 0) is 5.41 Å². The van der Waals surface area contributed by atoms with E-state index in [2.05, 4.69) is 44.9 Å². The second-order valence-corrected chi connectivity index (χ2v) is 7.63. The van der Waals surface area contributed by atoms with Gasteiger partial charge in [-0.15, -0.1) is 10.2 Å². The van der Waals surface area contributed by atoms with Crippen LogP contribution in [0.15, 0.2) is 54.6 Å². The minimum absolute atomic E-state index is 0.177. The molecule has 0 radical (unpaired) electrons. The average molecular weight is 390 g/mol. The first kappa shape index (κ1) is 18.9. The van der Waals surface area contributed by atoms with Gasteiger partial charge in [-0.3, -0.25) is 5.10 Å². The standard InChI is InChI=1S/C22H23FN6/c1-22(2,15-5-7-16(23)8-6-15)13-25-20-11-10-18(26-28-20)14-4-9-19-17(12-14)21(24-3)29-27-19/h4-12H,13H2,1-3H3,(H,25,28)(H2,24,27,29). The summed E-state index contributed by atoms with van der Waals surface area (Å²) < 4.78 is 13.2. The smallest absolute Gasteiger partial charge is 0.155 e. The molecule has 0 amide bonds. The van der Waals surface area contributed by atoms with Crippen LogP contribution in [0.25, 0.3) is 22.2 Å². The average Bonchev–Trinajstić information content (AvgIpc) is 3.15. The molecule has 0 aliphatic heterocycles. The maximum atomic E-state index is 13.2. The maximum absolute atomic E-state index is 13.2. The molecule has 0 aliphatic carbocycles. The molecular weight excluding hydrogens is 367 g/mol. The van der Waals surface area contributed by atoms with E-state index in [1.54, 1.807) is 0 Å². The van der Waals surface area contributed by atoms with Crippen molar-refractivity contribution < 1.29 is 4.39 Å². The van der Waals surface area contributed by atoms with Crippen molar-refractivity contribution in [3.8, 4) is 11.3 Å². The molecule has 4 aromatic rings. The highest BCUT2D eigenvalue weighted by Crippen LogP contribution is 2.27. The number of rotatable bonds is 6. The number of benzene rings is 2. The van der Waals surface area contributed by atoms with E-state index in [1.165, 1.54) is 12.1 Å². The van der Waals surface area contributed by atoms with Crippen LogP contribution in [0.4, 0.5) is 16.0 Å². The molecule has 0 unspecified atom stereocenters. The van der Waals surface area contributed by atoms with Gasteiger partial charge in [-0.25, -0.2) is 4.39 Å². The molecule has 2 aromatic heterocycles. The van der Waals surface area contributed by atoms with Gasteiger partial charge in [0.15, 0.2) is 5.82 Å². The number of anilines is 2. The zero-order chi connectivity index (χ0) is 20.4. The number of aromatic amines is 1. The number of hydrogen-bond acceptors (Lipinski definition) is 5. The molecule has 2 aromatic carbocycles. The number of fused-ring (bicyclic) bond motifs is 1. The summed E-state index contributed by atoms with van der Waals surface area (Å²) in [6.45, 7) is 4.86. The van der Waals surface area contributed by atoms with Gasteiger partial charge in [0, 0.05) is 30.0 Å². The van der Waals surface area contributed by atoms with Crippen LogP contribution >= 0.6 is 0 Å². The predicted octanol–water partition coefficient (Wildman–Crippen LogP) is 4.59. The summed E-state index contributed by atoms with van der Waals surface area (Å²) in [7, 11) is 1.84. The summed E-state index contributed by atoms with van der Waals surface area (Å²) in [4.78, 5) is 0. The lowest BCUT2D eigenvalue weighted by molar-refractivity contribution is 0.552. The Hall–Kier alpha value is -3.48. The fraction of sp³-hybridized carbons (Fsp3) is 0.227. The van der Waals surface area contributed by atoms with Gasteiger partial charge in [0.25, 0.3) is 0 Å². The van der Waals surface area contributed by atoms with E-state index < -0.39 is 0 Å². The summed E-state index contributed by atoms with van der Waals surface area (Å²) >= 11 is 0. The zero-order valence-electron chi connectivity index (χ0n) is 16.6. The third-order valence-corrected chi connectivity index (χ3v) is 5.10. The van der Waals surface area contributed by atoms with Crippen molar-refractivity contribution in [1.29, 1.82) is 0 Å². The molecule has 148 valence electrons. The number of halogens is 1. The normalized spacial score (nSPS) is 11.6. The Morgan fingerprint density at radius 3 is 2.48 bits per heavy atom. The van der Waals surface area contributed by atoms with Gasteiger partial charge < -0.3 is 10.6 Å². The third kappa shape index (κ3) is 3.89. The second kappa shape index (κ2) is 7.50. The van der Waals surface area contributed by atoms with Crippen molar-refractivity contribution in [3.63, 3.8) is 0 Å². The Labute approximate surface area is 168 Å². The summed E-state index contributed by atoms with van der Waals surface area (Å²) in [5.41, 5.74) is 3.61. The van der Waals surface area contributed by atoms with Crippen LogP contribution in [0.2, 0.25) is 0 Å². The molecule has 6 nitrogen and oxygen atoms in total. The molecule has 0 saturated carbocycles. The highest BCUT2D eigenvalue weighted by atomic mass is 19.1. The minimum atomic E-state index is -0.227. The van der Waals surface area contributed by atoms with Crippen LogP contribution in [-0.4, -0.2) is 34.0 Å². The van der Waals surface area contributed by atoms with E-state index in [1.807, 2.05) is 49.5 Å². The molecule has 2 heterocycles. The second-order valence-electron chi connectivity index (χ2n) is 7.63. The number of aromatic nitrogens is 4. The molecule has 0 saturated heterocycles. The van der Waals surface area contributed by atoms with Crippen molar-refractivity contribution in [2.75, 3.05) is 24.2 Å². The van der Waals surface area contributed by atoms with Crippen molar-refractivity contribution >= 4 is 22.5 Å². The van der Waals surface area contributed by atoms with Crippen LogP contribution in [0, 0.1) is 5.82 Å². The fourth-order valence-electron chi connectivity index (χ4n) is 3.26. The van der Waals surface area contributed by atoms with Crippen molar-refractivity contribution in [3.05, 3.63) is 66.0 Å². The Balaban J connectivity index is 1.48. The monoisotopic (exact) mass is 390 g/mol. The molecule has 4 rings (SSSR count). The van der Waals surface area contributed by atoms with E-state index in [0.29, 0.717) is 12.4 Å². The lowest BCUT2D eigenvalue weighted by Gasteiger charge is -2.25. The lowest BCUT2D eigenvalue weighted by Crippen LogP contribution is -2.28. The van der Waals surface area contributed by atoms with Crippen molar-refractivity contribution in [1.82, 2.24) is 20.4 Å².